The van der Waals surface area contributed by atoms with Gasteiger partial charge in [0, 0.05) is 48.1 Å². The van der Waals surface area contributed by atoms with Crippen LogP contribution in [-0.2, 0) is 17.8 Å². The number of carbonyl (C=O) groups is 1. The average molecular weight is 486 g/mol. The average Bonchev–Trinajstić information content (AvgIpc) is 3.24. The summed E-state index contributed by atoms with van der Waals surface area (Å²) in [5.74, 6) is 1.55. The Kier molecular flexibility index (Phi) is 4.87. The maximum Gasteiger partial charge on any atom is 0.241 e. The molecule has 0 bridgehead atoms. The number of aliphatic hydroxyl groups excluding tert-OH is 1. The fraction of sp³-hybridized carbons (Fsp3) is 0.320. The molecule has 0 fully saturated rings. The molecule has 1 atom stereocenters. The smallest absolute Gasteiger partial charge is 0.241 e. The summed E-state index contributed by atoms with van der Waals surface area (Å²) >= 11 is 0. The van der Waals surface area contributed by atoms with Gasteiger partial charge in [-0.3, -0.25) is 14.5 Å². The maximum atomic E-state index is 11.8. The molecule has 4 aromatic heterocycles. The van der Waals surface area contributed by atoms with Crippen molar-refractivity contribution in [3.63, 3.8) is 0 Å². The van der Waals surface area contributed by atoms with Gasteiger partial charge in [0.05, 0.1) is 22.6 Å². The second kappa shape index (κ2) is 7.89. The van der Waals surface area contributed by atoms with Gasteiger partial charge in [0.25, 0.3) is 0 Å². The summed E-state index contributed by atoms with van der Waals surface area (Å²) < 4.78 is 1.71. The van der Waals surface area contributed by atoms with Crippen molar-refractivity contribution in [3.05, 3.63) is 47.5 Å². The molecule has 4 aromatic rings. The van der Waals surface area contributed by atoms with Crippen LogP contribution >= 0.6 is 0 Å². The molecule has 36 heavy (non-hydrogen) atoms. The Balaban J connectivity index is 1.35. The lowest BCUT2D eigenvalue weighted by molar-refractivity contribution is -0.121. The molecule has 2 aliphatic heterocycles. The molecule has 11 nitrogen and oxygen atoms in total. The molecule has 0 saturated heterocycles. The number of nitrogen functional groups attached to an aromatic ring is 1. The molecule has 2 aliphatic rings. The van der Waals surface area contributed by atoms with E-state index in [1.54, 1.807) is 17.1 Å². The number of amides is 1. The number of nitrogens with two attached hydrogens (primary N) is 1. The number of fused-ring (bicyclic) bond motifs is 3. The van der Waals surface area contributed by atoms with E-state index in [9.17, 15) is 9.90 Å². The van der Waals surface area contributed by atoms with Crippen molar-refractivity contribution in [2.45, 2.75) is 45.4 Å². The number of nitrogens with one attached hydrogen (secondary N) is 3. The monoisotopic (exact) mass is 485 g/mol. The molecule has 11 heteroatoms. The van der Waals surface area contributed by atoms with E-state index in [2.05, 4.69) is 36.0 Å². The summed E-state index contributed by atoms with van der Waals surface area (Å²) in [6, 6.07) is 5.79. The zero-order valence-corrected chi connectivity index (χ0v) is 20.3. The second-order valence-corrected chi connectivity index (χ2v) is 9.89. The van der Waals surface area contributed by atoms with Crippen molar-refractivity contribution in [1.29, 1.82) is 0 Å². The number of hydrogen-bond acceptors (Lipinski definition) is 9. The van der Waals surface area contributed by atoms with E-state index in [1.165, 1.54) is 0 Å². The summed E-state index contributed by atoms with van der Waals surface area (Å²) in [7, 11) is 0. The minimum absolute atomic E-state index is 0.0488. The molecule has 0 unspecified atom stereocenters. The molecule has 1 amide bonds. The summed E-state index contributed by atoms with van der Waals surface area (Å²) in [5, 5.41) is 26.2. The van der Waals surface area contributed by atoms with E-state index in [0.29, 0.717) is 41.8 Å². The van der Waals surface area contributed by atoms with Crippen LogP contribution in [0.5, 0.6) is 0 Å². The number of aromatic nitrogens is 5. The van der Waals surface area contributed by atoms with Crippen LogP contribution in [0.3, 0.4) is 0 Å². The molecule has 0 aliphatic carbocycles. The molecule has 0 spiro atoms. The Morgan fingerprint density at radius 3 is 2.86 bits per heavy atom. The number of pyridine rings is 3. The number of nitrogens with zero attached hydrogens (tertiary/aromatic N) is 5. The molecule has 0 radical (unpaired) electrons. The Labute approximate surface area is 207 Å². The highest BCUT2D eigenvalue weighted by Gasteiger charge is 2.40. The van der Waals surface area contributed by atoms with Gasteiger partial charge in [-0.1, -0.05) is 0 Å². The van der Waals surface area contributed by atoms with Crippen LogP contribution in [0.1, 0.15) is 36.9 Å². The van der Waals surface area contributed by atoms with Gasteiger partial charge in [0.1, 0.15) is 24.3 Å². The Morgan fingerprint density at radius 1 is 1.19 bits per heavy atom. The van der Waals surface area contributed by atoms with Gasteiger partial charge in [-0.2, -0.15) is 5.10 Å². The van der Waals surface area contributed by atoms with Crippen molar-refractivity contribution < 1.29 is 9.90 Å². The van der Waals surface area contributed by atoms with E-state index in [1.807, 2.05) is 39.0 Å². The topological polar surface area (TPSA) is 156 Å². The van der Waals surface area contributed by atoms with Crippen LogP contribution < -0.4 is 21.7 Å². The van der Waals surface area contributed by atoms with Crippen molar-refractivity contribution in [2.24, 2.45) is 0 Å². The number of carbonyl (C=O) groups excluding carboxylic acids is 1. The summed E-state index contributed by atoms with van der Waals surface area (Å²) in [4.78, 5) is 25.5. The van der Waals surface area contributed by atoms with Crippen molar-refractivity contribution in [3.8, 4) is 11.3 Å². The molecule has 0 aromatic carbocycles. The standard InChI is InChI=1S/C25H27N9O2/c1-12-15(9-29-22-21(12)32-25(2,3)23(22)36)17-6-13-7-18(28-10-16(13)24(26)30-17)31-19-8-14-4-5-27-20(35)11-34(14)33-19/h6-10,23,32,36H,4-5,11H2,1-3H3,(H2,26,30)(H,27,35)(H,28,31,33)/t23-/m0/s1. The van der Waals surface area contributed by atoms with Crippen LogP contribution in [0.4, 0.5) is 23.1 Å². The fourth-order valence-corrected chi connectivity index (χ4v) is 4.87. The van der Waals surface area contributed by atoms with E-state index < -0.39 is 11.6 Å². The molecule has 6 rings (SSSR count). The molecule has 6 N–H and O–H groups in total. The number of hydrogen-bond donors (Lipinski definition) is 5. The first-order valence-electron chi connectivity index (χ1n) is 11.8. The van der Waals surface area contributed by atoms with E-state index in [0.717, 1.165) is 33.3 Å². The minimum Gasteiger partial charge on any atom is -0.384 e. The van der Waals surface area contributed by atoms with E-state index in [4.69, 9.17) is 5.73 Å². The summed E-state index contributed by atoms with van der Waals surface area (Å²) in [6.07, 6.45) is 3.45. The highest BCUT2D eigenvalue weighted by molar-refractivity contribution is 5.95. The first-order chi connectivity index (χ1) is 17.2. The lowest BCUT2D eigenvalue weighted by atomic mass is 9.98. The molecule has 6 heterocycles. The van der Waals surface area contributed by atoms with Crippen molar-refractivity contribution in [2.75, 3.05) is 22.9 Å². The SMILES string of the molecule is Cc1c(-c2cc3cc(Nc4cc5n(n4)CC(=O)NCC5)ncc3c(N)n2)cnc2c1NC(C)(C)[C@H]2O. The largest absolute Gasteiger partial charge is 0.384 e. The summed E-state index contributed by atoms with van der Waals surface area (Å²) in [6.45, 7) is 6.67. The Hall–Kier alpha value is -4.25. The lowest BCUT2D eigenvalue weighted by Crippen LogP contribution is -2.32. The third kappa shape index (κ3) is 3.59. The fourth-order valence-electron chi connectivity index (χ4n) is 4.87. The normalized spacial score (nSPS) is 18.2. The highest BCUT2D eigenvalue weighted by Crippen LogP contribution is 2.43. The van der Waals surface area contributed by atoms with Crippen LogP contribution in [0, 0.1) is 6.92 Å². The first-order valence-corrected chi connectivity index (χ1v) is 11.8. The van der Waals surface area contributed by atoms with Gasteiger partial charge in [0.15, 0.2) is 5.82 Å². The van der Waals surface area contributed by atoms with Gasteiger partial charge in [0.2, 0.25) is 5.91 Å². The molecular weight excluding hydrogens is 458 g/mol. The highest BCUT2D eigenvalue weighted by atomic mass is 16.3. The minimum atomic E-state index is -0.693. The number of aliphatic hydroxyl groups is 1. The molecule has 0 saturated carbocycles. The van der Waals surface area contributed by atoms with E-state index in [-0.39, 0.29) is 12.5 Å². The van der Waals surface area contributed by atoms with Gasteiger partial charge >= 0.3 is 0 Å². The van der Waals surface area contributed by atoms with Gasteiger partial charge < -0.3 is 26.8 Å². The summed E-state index contributed by atoms with van der Waals surface area (Å²) in [5.41, 5.74) is 10.7. The van der Waals surface area contributed by atoms with Crippen molar-refractivity contribution in [1.82, 2.24) is 30.0 Å². The lowest BCUT2D eigenvalue weighted by Gasteiger charge is -2.22. The van der Waals surface area contributed by atoms with Crippen LogP contribution in [0.15, 0.2) is 30.6 Å². The quantitative estimate of drug-likeness (QED) is 0.294. The third-order valence-corrected chi connectivity index (χ3v) is 6.89. The van der Waals surface area contributed by atoms with Gasteiger partial charge in [-0.05, 0) is 43.9 Å². The molecule has 184 valence electrons. The van der Waals surface area contributed by atoms with Crippen LogP contribution in [-0.4, -0.2) is 47.8 Å². The number of rotatable bonds is 3. The van der Waals surface area contributed by atoms with E-state index >= 15 is 0 Å². The maximum absolute atomic E-state index is 11.8. The first kappa shape index (κ1) is 22.2. The zero-order valence-electron chi connectivity index (χ0n) is 20.3. The third-order valence-electron chi connectivity index (χ3n) is 6.89. The second-order valence-electron chi connectivity index (χ2n) is 9.89. The van der Waals surface area contributed by atoms with Gasteiger partial charge in [-0.15, -0.1) is 0 Å². The molecular formula is C25H27N9O2. The van der Waals surface area contributed by atoms with Crippen LogP contribution in [0.25, 0.3) is 22.0 Å². The zero-order chi connectivity index (χ0) is 25.2. The van der Waals surface area contributed by atoms with Gasteiger partial charge in [-0.25, -0.2) is 9.97 Å². The predicted molar refractivity (Wildman–Crippen MR) is 137 cm³/mol. The van der Waals surface area contributed by atoms with Crippen molar-refractivity contribution >= 4 is 39.8 Å². The Morgan fingerprint density at radius 2 is 2.03 bits per heavy atom. The Bertz CT molecular complexity index is 1540. The predicted octanol–water partition coefficient (Wildman–Crippen LogP) is 2.43. The van der Waals surface area contributed by atoms with Crippen LogP contribution in [0.2, 0.25) is 0 Å². The number of anilines is 4.